The Balaban J connectivity index is 1.37. The monoisotopic (exact) mass is 430 g/mol. The van der Waals surface area contributed by atoms with Crippen LogP contribution in [0.4, 0.5) is 10.8 Å². The van der Waals surface area contributed by atoms with E-state index in [1.165, 1.54) is 13.2 Å². The van der Waals surface area contributed by atoms with E-state index in [-0.39, 0.29) is 22.2 Å². The molecule has 3 aromatic rings. The Morgan fingerprint density at radius 2 is 2.13 bits per heavy atom. The van der Waals surface area contributed by atoms with Crippen LogP contribution in [0.2, 0.25) is 0 Å². The number of anilines is 2. The van der Waals surface area contributed by atoms with Crippen LogP contribution in [-0.2, 0) is 0 Å². The Kier molecular flexibility index (Phi) is 3.98. The Morgan fingerprint density at radius 3 is 2.77 bits per heavy atom. The molecule has 0 unspecified atom stereocenters. The number of aryl methyl sites for hydroxylation is 1. The number of aliphatic hydroxyl groups is 1. The van der Waals surface area contributed by atoms with Crippen molar-refractivity contribution in [3.8, 4) is 10.9 Å². The summed E-state index contributed by atoms with van der Waals surface area (Å²) in [5, 5.41) is 28.6. The molecule has 3 fully saturated rings. The first-order valence-electron chi connectivity index (χ1n) is 9.18. The Hall–Kier alpha value is -3.25. The standard InChI is InChI=1S/C18H18N6O5S/c1-9-3-4-19-24(9)16-23-22-15(30-16)20-13(25)11-5-10(12(28-2)14(26)29-11)21-17-6-18(27,7-17)8-17/h3-5,21,27H,6-8H2,1-2H3,(H,20,22,25). The summed E-state index contributed by atoms with van der Waals surface area (Å²) in [6, 6.07) is 3.24. The molecule has 3 aliphatic carbocycles. The van der Waals surface area contributed by atoms with Crippen LogP contribution < -0.4 is 21.0 Å². The third-order valence-electron chi connectivity index (χ3n) is 5.39. The molecule has 0 spiro atoms. The zero-order valence-electron chi connectivity index (χ0n) is 16.1. The molecule has 0 atom stereocenters. The maximum atomic E-state index is 12.7. The van der Waals surface area contributed by atoms with E-state index in [2.05, 4.69) is 25.9 Å². The molecular formula is C18H18N6O5S. The van der Waals surface area contributed by atoms with Crippen molar-refractivity contribution in [2.75, 3.05) is 17.7 Å². The van der Waals surface area contributed by atoms with Crippen molar-refractivity contribution < 1.29 is 19.1 Å². The minimum atomic E-state index is -0.775. The summed E-state index contributed by atoms with van der Waals surface area (Å²) in [6.45, 7) is 1.87. The highest BCUT2D eigenvalue weighted by atomic mass is 32.1. The molecule has 3 saturated carbocycles. The summed E-state index contributed by atoms with van der Waals surface area (Å²) in [7, 11) is 1.35. The van der Waals surface area contributed by atoms with E-state index in [0.717, 1.165) is 17.0 Å². The average molecular weight is 430 g/mol. The van der Waals surface area contributed by atoms with Crippen molar-refractivity contribution in [1.29, 1.82) is 0 Å². The lowest BCUT2D eigenvalue weighted by Gasteiger charge is -2.67. The number of carbonyl (C=O) groups is 1. The van der Waals surface area contributed by atoms with Gasteiger partial charge in [0.2, 0.25) is 16.0 Å². The number of nitrogens with zero attached hydrogens (tertiary/aromatic N) is 4. The summed E-state index contributed by atoms with van der Waals surface area (Å²) >= 11 is 1.13. The van der Waals surface area contributed by atoms with Crippen molar-refractivity contribution in [3.63, 3.8) is 0 Å². The number of carbonyl (C=O) groups excluding carboxylic acids is 1. The first kappa shape index (κ1) is 18.8. The first-order valence-corrected chi connectivity index (χ1v) is 10.0. The van der Waals surface area contributed by atoms with Crippen molar-refractivity contribution in [2.45, 2.75) is 37.3 Å². The largest absolute Gasteiger partial charge is 0.488 e. The summed E-state index contributed by atoms with van der Waals surface area (Å²) in [5.41, 5.74) is -0.435. The normalized spacial score (nSPS) is 24.0. The fraction of sp³-hybridized carbons (Fsp3) is 0.389. The van der Waals surface area contributed by atoms with Gasteiger partial charge in [-0.15, -0.1) is 10.2 Å². The van der Waals surface area contributed by atoms with Crippen molar-refractivity contribution >= 4 is 28.1 Å². The van der Waals surface area contributed by atoms with Gasteiger partial charge in [-0.05, 0) is 32.3 Å². The van der Waals surface area contributed by atoms with Crippen LogP contribution in [-0.4, -0.2) is 49.2 Å². The molecular weight excluding hydrogens is 412 g/mol. The van der Waals surface area contributed by atoms with Crippen LogP contribution in [0, 0.1) is 6.92 Å². The van der Waals surface area contributed by atoms with E-state index in [9.17, 15) is 14.7 Å². The highest BCUT2D eigenvalue weighted by Crippen LogP contribution is 2.62. The number of nitrogens with one attached hydrogen (secondary N) is 2. The lowest BCUT2D eigenvalue weighted by Crippen LogP contribution is -2.75. The Morgan fingerprint density at radius 1 is 1.37 bits per heavy atom. The smallest absolute Gasteiger partial charge is 0.381 e. The number of methoxy groups -OCH3 is 1. The van der Waals surface area contributed by atoms with Gasteiger partial charge >= 0.3 is 5.63 Å². The summed E-state index contributed by atoms with van der Waals surface area (Å²) < 4.78 is 11.9. The van der Waals surface area contributed by atoms with E-state index in [1.54, 1.807) is 10.9 Å². The third-order valence-corrected chi connectivity index (χ3v) is 6.20. The Bertz CT molecular complexity index is 1190. The second-order valence-corrected chi connectivity index (χ2v) is 8.69. The summed E-state index contributed by atoms with van der Waals surface area (Å²) in [4.78, 5) is 25.0. The van der Waals surface area contributed by atoms with Crippen LogP contribution in [0.3, 0.4) is 0 Å². The number of hydrogen-bond acceptors (Lipinski definition) is 10. The van der Waals surface area contributed by atoms with Crippen LogP contribution in [0.15, 0.2) is 27.5 Å². The Labute approximate surface area is 173 Å². The minimum absolute atomic E-state index is 0.0179. The maximum Gasteiger partial charge on any atom is 0.381 e. The van der Waals surface area contributed by atoms with E-state index >= 15 is 0 Å². The number of aromatic nitrogens is 4. The van der Waals surface area contributed by atoms with Gasteiger partial charge in [0, 0.05) is 23.5 Å². The SMILES string of the molecule is COc1c(NC23CC(O)(C2)C3)cc(C(=O)Nc2nnc(-n3nccc3C)s2)oc1=O. The number of amides is 1. The molecule has 156 valence electrons. The molecule has 30 heavy (non-hydrogen) atoms. The highest BCUT2D eigenvalue weighted by molar-refractivity contribution is 7.17. The van der Waals surface area contributed by atoms with E-state index < -0.39 is 17.1 Å². The van der Waals surface area contributed by atoms with E-state index in [1.807, 2.05) is 13.0 Å². The van der Waals surface area contributed by atoms with Gasteiger partial charge in [0.1, 0.15) is 0 Å². The highest BCUT2D eigenvalue weighted by Gasteiger charge is 2.67. The number of hydrogen-bond donors (Lipinski definition) is 3. The van der Waals surface area contributed by atoms with Gasteiger partial charge in [-0.3, -0.25) is 10.1 Å². The average Bonchev–Trinajstić information content (AvgIpc) is 3.27. The fourth-order valence-corrected chi connectivity index (χ4v) is 4.87. The molecule has 3 aromatic heterocycles. The topological polar surface area (TPSA) is 144 Å². The van der Waals surface area contributed by atoms with Gasteiger partial charge in [-0.2, -0.15) is 5.10 Å². The molecule has 6 rings (SSSR count). The van der Waals surface area contributed by atoms with E-state index in [0.29, 0.717) is 30.1 Å². The fourth-order valence-electron chi connectivity index (χ4n) is 4.11. The molecule has 11 nitrogen and oxygen atoms in total. The van der Waals surface area contributed by atoms with Crippen LogP contribution in [0.25, 0.3) is 5.13 Å². The summed E-state index contributed by atoms with van der Waals surface area (Å²) in [6.07, 6.45) is 3.40. The van der Waals surface area contributed by atoms with Gasteiger partial charge < -0.3 is 19.6 Å². The van der Waals surface area contributed by atoms with Crippen molar-refractivity contribution in [2.24, 2.45) is 0 Å². The predicted octanol–water partition coefficient (Wildman–Crippen LogP) is 1.33. The molecule has 2 bridgehead atoms. The number of rotatable bonds is 6. The lowest BCUT2D eigenvalue weighted by molar-refractivity contribution is -0.195. The van der Waals surface area contributed by atoms with Gasteiger partial charge in [0.15, 0.2) is 5.76 Å². The zero-order valence-corrected chi connectivity index (χ0v) is 16.9. The molecule has 3 heterocycles. The molecule has 12 heteroatoms. The molecule has 0 saturated heterocycles. The molecule has 0 aromatic carbocycles. The lowest BCUT2D eigenvalue weighted by atomic mass is 9.46. The van der Waals surface area contributed by atoms with Gasteiger partial charge in [-0.25, -0.2) is 9.48 Å². The minimum Gasteiger partial charge on any atom is -0.488 e. The second-order valence-electron chi connectivity index (χ2n) is 7.73. The van der Waals surface area contributed by atoms with Gasteiger partial charge in [0.05, 0.1) is 18.4 Å². The van der Waals surface area contributed by atoms with Crippen LogP contribution >= 0.6 is 11.3 Å². The van der Waals surface area contributed by atoms with Crippen LogP contribution in [0.1, 0.15) is 35.5 Å². The second kappa shape index (κ2) is 6.37. The third kappa shape index (κ3) is 2.95. The molecule has 0 radical (unpaired) electrons. The molecule has 0 aliphatic heterocycles. The molecule has 3 aliphatic rings. The quantitative estimate of drug-likeness (QED) is 0.527. The first-order chi connectivity index (χ1) is 14.3. The van der Waals surface area contributed by atoms with E-state index in [4.69, 9.17) is 9.15 Å². The summed E-state index contributed by atoms with van der Waals surface area (Å²) in [5.74, 6) is -0.856. The van der Waals surface area contributed by atoms with Gasteiger partial charge in [0.25, 0.3) is 5.91 Å². The van der Waals surface area contributed by atoms with Gasteiger partial charge in [-0.1, -0.05) is 11.3 Å². The van der Waals surface area contributed by atoms with Crippen molar-refractivity contribution in [1.82, 2.24) is 20.0 Å². The van der Waals surface area contributed by atoms with Crippen molar-refractivity contribution in [3.05, 3.63) is 40.2 Å². The predicted molar refractivity (Wildman–Crippen MR) is 106 cm³/mol. The van der Waals surface area contributed by atoms with Crippen LogP contribution in [0.5, 0.6) is 5.75 Å². The molecule has 3 N–H and O–H groups in total. The molecule has 1 amide bonds. The maximum absolute atomic E-state index is 12.7. The zero-order chi connectivity index (χ0) is 21.1. The number of ether oxygens (including phenoxy) is 1.